The zero-order valence-electron chi connectivity index (χ0n) is 16.5. The highest BCUT2D eigenvalue weighted by Crippen LogP contribution is 2.41. The summed E-state index contributed by atoms with van der Waals surface area (Å²) < 4.78 is 34.5. The van der Waals surface area contributed by atoms with Crippen LogP contribution in [-0.4, -0.2) is 47.6 Å². The number of piperidine rings is 1. The Bertz CT molecular complexity index is 1070. The first kappa shape index (κ1) is 19.1. The van der Waals surface area contributed by atoms with Crippen LogP contribution in [0.3, 0.4) is 0 Å². The number of halogens is 1. The van der Waals surface area contributed by atoms with Crippen molar-refractivity contribution in [2.75, 3.05) is 41.6 Å². The molecule has 30 heavy (non-hydrogen) atoms. The van der Waals surface area contributed by atoms with Gasteiger partial charge in [-0.1, -0.05) is 6.07 Å². The monoisotopic (exact) mass is 431 g/mol. The molecule has 2 aromatic rings. The smallest absolute Gasteiger partial charge is 0.407 e. The van der Waals surface area contributed by atoms with Gasteiger partial charge in [0.25, 0.3) is 0 Å². The molecule has 3 aliphatic rings. The first-order valence-electron chi connectivity index (χ1n) is 9.78. The summed E-state index contributed by atoms with van der Waals surface area (Å²) in [5.41, 5.74) is 8.99. The van der Waals surface area contributed by atoms with Crippen molar-refractivity contribution in [3.05, 3.63) is 35.8 Å². The predicted octanol–water partition coefficient (Wildman–Crippen LogP) is 2.16. The Kier molecular flexibility index (Phi) is 4.35. The van der Waals surface area contributed by atoms with E-state index in [2.05, 4.69) is 10.3 Å². The molecule has 3 aliphatic heterocycles. The molecule has 0 aliphatic carbocycles. The summed E-state index contributed by atoms with van der Waals surface area (Å²) in [4.78, 5) is 17.5. The van der Waals surface area contributed by atoms with E-state index in [0.29, 0.717) is 49.5 Å². The maximum Gasteiger partial charge on any atom is 0.407 e. The van der Waals surface area contributed by atoms with E-state index in [0.717, 1.165) is 16.8 Å². The molecule has 10 heteroatoms. The van der Waals surface area contributed by atoms with Crippen molar-refractivity contribution in [2.24, 2.45) is 0 Å². The van der Waals surface area contributed by atoms with E-state index in [1.165, 1.54) is 0 Å². The van der Waals surface area contributed by atoms with Gasteiger partial charge in [0.05, 0.1) is 23.7 Å². The number of hydrogen-bond acceptors (Lipinski definition) is 6. The second-order valence-corrected chi connectivity index (χ2v) is 9.42. The molecule has 4 heterocycles. The minimum atomic E-state index is -1.09. The van der Waals surface area contributed by atoms with Gasteiger partial charge in [-0.2, -0.15) is 0 Å². The van der Waals surface area contributed by atoms with Crippen LogP contribution in [0.5, 0.6) is 0 Å². The van der Waals surface area contributed by atoms with E-state index < -0.39 is 28.5 Å². The van der Waals surface area contributed by atoms with Crippen molar-refractivity contribution >= 4 is 34.3 Å². The SMILES string of the molecule is CN1c2ccc(-c3cnc(N)c(F)c3N3CCC4(CC3)CNC(=O)O4)cc2CS1=O. The number of alkyl carbamates (subject to hydrolysis) is 1. The number of carbonyl (C=O) groups excluding carboxylic acids is 1. The van der Waals surface area contributed by atoms with E-state index in [-0.39, 0.29) is 5.82 Å². The zero-order chi connectivity index (χ0) is 21.0. The number of nitrogens with zero attached hydrogens (tertiary/aromatic N) is 3. The summed E-state index contributed by atoms with van der Waals surface area (Å²) in [7, 11) is 0.709. The summed E-state index contributed by atoms with van der Waals surface area (Å²) in [5.74, 6) is -0.263. The van der Waals surface area contributed by atoms with Crippen molar-refractivity contribution in [1.82, 2.24) is 10.3 Å². The van der Waals surface area contributed by atoms with Crippen LogP contribution in [0.2, 0.25) is 0 Å². The number of rotatable bonds is 2. The molecular weight excluding hydrogens is 409 g/mol. The number of nitrogens with two attached hydrogens (primary N) is 1. The van der Waals surface area contributed by atoms with Gasteiger partial charge in [-0.3, -0.25) is 4.31 Å². The van der Waals surface area contributed by atoms with Crippen molar-refractivity contribution in [2.45, 2.75) is 24.2 Å². The Morgan fingerprint density at radius 2 is 2.10 bits per heavy atom. The van der Waals surface area contributed by atoms with Crippen molar-refractivity contribution in [1.29, 1.82) is 0 Å². The molecule has 1 amide bonds. The second-order valence-electron chi connectivity index (χ2n) is 7.94. The number of benzene rings is 1. The number of amides is 1. The van der Waals surface area contributed by atoms with Crippen LogP contribution in [0.1, 0.15) is 18.4 Å². The fraction of sp³-hybridized carbons (Fsp3) is 0.400. The van der Waals surface area contributed by atoms with E-state index >= 15 is 4.39 Å². The fourth-order valence-electron chi connectivity index (χ4n) is 4.45. The van der Waals surface area contributed by atoms with E-state index in [4.69, 9.17) is 10.5 Å². The van der Waals surface area contributed by atoms with Crippen LogP contribution >= 0.6 is 0 Å². The number of anilines is 3. The molecule has 158 valence electrons. The number of pyridine rings is 1. The third kappa shape index (κ3) is 2.97. The highest BCUT2D eigenvalue weighted by Gasteiger charge is 2.43. The van der Waals surface area contributed by atoms with Crippen LogP contribution in [0.15, 0.2) is 24.4 Å². The Hall–Kier alpha value is -2.88. The lowest BCUT2D eigenvalue weighted by atomic mass is 9.90. The highest BCUT2D eigenvalue weighted by atomic mass is 32.2. The van der Waals surface area contributed by atoms with Gasteiger partial charge in [0.15, 0.2) is 11.6 Å². The van der Waals surface area contributed by atoms with Crippen LogP contribution < -0.4 is 20.3 Å². The normalized spacial score (nSPS) is 22.2. The van der Waals surface area contributed by atoms with Crippen LogP contribution in [0, 0.1) is 5.82 Å². The van der Waals surface area contributed by atoms with E-state index in [9.17, 15) is 9.00 Å². The topological polar surface area (TPSA) is 101 Å². The largest absolute Gasteiger partial charge is 0.441 e. The first-order valence-corrected chi connectivity index (χ1v) is 11.1. The number of nitrogens with one attached hydrogen (secondary N) is 1. The minimum absolute atomic E-state index is 0.148. The lowest BCUT2D eigenvalue weighted by Gasteiger charge is -2.39. The Labute approximate surface area is 175 Å². The standard InChI is InChI=1S/C20H22FN5O3S/c1-25-15-3-2-12(8-13(15)10-30(25)28)14-9-23-18(22)16(21)17(14)26-6-4-20(5-7-26)11-24-19(27)29-20/h2-3,8-9H,4-7,10-11H2,1H3,(H2,22,23)(H,24,27). The molecule has 1 atom stereocenters. The lowest BCUT2D eigenvalue weighted by molar-refractivity contribution is 0.0366. The second kappa shape index (κ2) is 6.83. The molecule has 8 nitrogen and oxygen atoms in total. The van der Waals surface area contributed by atoms with Crippen molar-refractivity contribution < 1.29 is 18.1 Å². The minimum Gasteiger partial charge on any atom is -0.441 e. The summed E-state index contributed by atoms with van der Waals surface area (Å²) >= 11 is 0. The van der Waals surface area contributed by atoms with Crippen LogP contribution in [-0.2, 0) is 21.5 Å². The van der Waals surface area contributed by atoms with Gasteiger partial charge in [0.1, 0.15) is 16.6 Å². The fourth-order valence-corrected chi connectivity index (χ4v) is 5.53. The molecular formula is C20H22FN5O3S. The van der Waals surface area contributed by atoms with E-state index in [1.807, 2.05) is 23.1 Å². The van der Waals surface area contributed by atoms with Gasteiger partial charge in [0.2, 0.25) is 0 Å². The quantitative estimate of drug-likeness (QED) is 0.756. The average Bonchev–Trinajstić information content (AvgIpc) is 3.23. The van der Waals surface area contributed by atoms with Gasteiger partial charge in [-0.15, -0.1) is 0 Å². The average molecular weight is 431 g/mol. The molecule has 3 N–H and O–H groups in total. The highest BCUT2D eigenvalue weighted by molar-refractivity contribution is 7.86. The van der Waals surface area contributed by atoms with Crippen molar-refractivity contribution in [3.8, 4) is 11.1 Å². The summed E-state index contributed by atoms with van der Waals surface area (Å²) in [5, 5.41) is 2.71. The number of fused-ring (bicyclic) bond motifs is 1. The predicted molar refractivity (Wildman–Crippen MR) is 113 cm³/mol. The number of aromatic nitrogens is 1. The Balaban J connectivity index is 1.50. The molecule has 0 saturated carbocycles. The van der Waals surface area contributed by atoms with E-state index in [1.54, 1.807) is 17.5 Å². The molecule has 0 bridgehead atoms. The Morgan fingerprint density at radius 3 is 2.80 bits per heavy atom. The molecule has 1 unspecified atom stereocenters. The number of ether oxygens (including phenoxy) is 1. The molecule has 2 fully saturated rings. The third-order valence-electron chi connectivity index (χ3n) is 6.19. The first-order chi connectivity index (χ1) is 14.4. The molecule has 5 rings (SSSR count). The molecule has 1 spiro atoms. The number of carbonyl (C=O) groups is 1. The van der Waals surface area contributed by atoms with Crippen LogP contribution in [0.25, 0.3) is 11.1 Å². The summed E-state index contributed by atoms with van der Waals surface area (Å²) in [6.45, 7) is 1.53. The number of nitrogen functional groups attached to an aromatic ring is 1. The summed E-state index contributed by atoms with van der Waals surface area (Å²) in [6, 6.07) is 5.74. The molecule has 1 aromatic heterocycles. The van der Waals surface area contributed by atoms with Gasteiger partial charge in [-0.05, 0) is 23.3 Å². The maximum absolute atomic E-state index is 15.2. The van der Waals surface area contributed by atoms with Gasteiger partial charge < -0.3 is 20.7 Å². The Morgan fingerprint density at radius 1 is 1.33 bits per heavy atom. The summed E-state index contributed by atoms with van der Waals surface area (Å²) in [6.07, 6.45) is 2.39. The van der Waals surface area contributed by atoms with Gasteiger partial charge in [0, 0.05) is 44.7 Å². The molecule has 1 aromatic carbocycles. The number of hydrogen-bond donors (Lipinski definition) is 2. The zero-order valence-corrected chi connectivity index (χ0v) is 17.3. The lowest BCUT2D eigenvalue weighted by Crippen LogP contribution is -2.47. The van der Waals surface area contributed by atoms with Gasteiger partial charge in [-0.25, -0.2) is 18.4 Å². The molecule has 0 radical (unpaired) electrons. The third-order valence-corrected chi connectivity index (χ3v) is 7.56. The van der Waals surface area contributed by atoms with Gasteiger partial charge >= 0.3 is 6.09 Å². The maximum atomic E-state index is 15.2. The van der Waals surface area contributed by atoms with Crippen LogP contribution in [0.4, 0.5) is 26.4 Å². The molecule has 2 saturated heterocycles. The van der Waals surface area contributed by atoms with Crippen molar-refractivity contribution in [3.63, 3.8) is 0 Å².